The number of hydrazone groups is 1. The molecule has 0 unspecified atom stereocenters. The van der Waals surface area contributed by atoms with Crippen molar-refractivity contribution < 1.29 is 14.3 Å². The van der Waals surface area contributed by atoms with Gasteiger partial charge < -0.3 is 9.47 Å². The summed E-state index contributed by atoms with van der Waals surface area (Å²) in [7, 11) is 3.32. The van der Waals surface area contributed by atoms with E-state index in [1.807, 2.05) is 60.7 Å². The Balaban J connectivity index is 1.55. The molecule has 0 N–H and O–H groups in total. The molecular weight excluding hydrogens is 426 g/mol. The lowest BCUT2D eigenvalue weighted by Gasteiger charge is -2.29. The predicted octanol–water partition coefficient (Wildman–Crippen LogP) is 5.54. The van der Waals surface area contributed by atoms with Crippen LogP contribution >= 0.6 is 0 Å². The van der Waals surface area contributed by atoms with Gasteiger partial charge in [-0.05, 0) is 78.4 Å². The van der Waals surface area contributed by atoms with Gasteiger partial charge in [0.25, 0.3) is 5.91 Å². The Morgan fingerprint density at radius 2 is 1.68 bits per heavy atom. The molecule has 3 aromatic rings. The molecule has 2 aromatic carbocycles. The standard InChI is InChI=1S/C28H27N3O3/c1-33-22-13-9-19(10-14-22)18-21-6-5-7-24-26(21)30-31(28(32)25-8-3-4-17-29-25)27(24)20-11-15-23(34-2)16-12-20/h3-4,8-18,24,27H,5-7H2,1-2H3/b21-18+/t24-,27+/m1/s1. The number of ether oxygens (including phenoxy) is 2. The van der Waals surface area contributed by atoms with E-state index in [9.17, 15) is 4.79 Å². The smallest absolute Gasteiger partial charge is 0.293 e. The van der Waals surface area contributed by atoms with Crippen molar-refractivity contribution in [1.82, 2.24) is 9.99 Å². The van der Waals surface area contributed by atoms with Crippen LogP contribution in [0.25, 0.3) is 6.08 Å². The zero-order valence-corrected chi connectivity index (χ0v) is 19.3. The number of allylic oxidation sites excluding steroid dienone is 1. The number of carbonyl (C=O) groups excluding carboxylic acids is 1. The van der Waals surface area contributed by atoms with Gasteiger partial charge >= 0.3 is 0 Å². The zero-order chi connectivity index (χ0) is 23.5. The first-order chi connectivity index (χ1) is 16.7. The van der Waals surface area contributed by atoms with Gasteiger partial charge in [-0.25, -0.2) is 5.01 Å². The normalized spacial score (nSPS) is 20.6. The highest BCUT2D eigenvalue weighted by atomic mass is 16.5. The number of hydrogen-bond donors (Lipinski definition) is 0. The first kappa shape index (κ1) is 21.9. The van der Waals surface area contributed by atoms with Crippen LogP contribution in [0.15, 0.2) is 83.6 Å². The topological polar surface area (TPSA) is 64.0 Å². The molecule has 1 saturated carbocycles. The van der Waals surface area contributed by atoms with Crippen LogP contribution < -0.4 is 9.47 Å². The van der Waals surface area contributed by atoms with E-state index >= 15 is 0 Å². The average Bonchev–Trinajstić information content (AvgIpc) is 3.30. The van der Waals surface area contributed by atoms with Crippen LogP contribution in [0.3, 0.4) is 0 Å². The van der Waals surface area contributed by atoms with E-state index in [2.05, 4.69) is 11.1 Å². The second kappa shape index (κ2) is 9.51. The molecule has 6 heteroatoms. The van der Waals surface area contributed by atoms with Crippen molar-refractivity contribution in [3.8, 4) is 11.5 Å². The van der Waals surface area contributed by atoms with Gasteiger partial charge in [0.15, 0.2) is 0 Å². The maximum Gasteiger partial charge on any atom is 0.293 e. The fourth-order valence-corrected chi connectivity index (χ4v) is 4.81. The monoisotopic (exact) mass is 453 g/mol. The molecule has 0 radical (unpaired) electrons. The molecule has 2 aliphatic rings. The Kier molecular flexibility index (Phi) is 6.12. The van der Waals surface area contributed by atoms with Gasteiger partial charge in [0.05, 0.1) is 26.0 Å². The Morgan fingerprint density at radius 3 is 2.32 bits per heavy atom. The van der Waals surface area contributed by atoms with Gasteiger partial charge in [-0.2, -0.15) is 5.10 Å². The van der Waals surface area contributed by atoms with Crippen LogP contribution in [0.1, 0.15) is 46.9 Å². The molecule has 1 aromatic heterocycles. The minimum atomic E-state index is -0.188. The largest absolute Gasteiger partial charge is 0.497 e. The Labute approximate surface area is 199 Å². The van der Waals surface area contributed by atoms with Crippen molar-refractivity contribution >= 4 is 17.7 Å². The van der Waals surface area contributed by atoms with Gasteiger partial charge in [0, 0.05) is 12.1 Å². The summed E-state index contributed by atoms with van der Waals surface area (Å²) in [4.78, 5) is 17.8. The summed E-state index contributed by atoms with van der Waals surface area (Å²) in [6, 6.07) is 21.1. The maximum absolute atomic E-state index is 13.5. The molecule has 172 valence electrons. The quantitative estimate of drug-likeness (QED) is 0.509. The fraction of sp³-hybridized carbons (Fsp3) is 0.250. The third kappa shape index (κ3) is 4.19. The van der Waals surface area contributed by atoms with E-state index in [0.717, 1.165) is 47.6 Å². The summed E-state index contributed by atoms with van der Waals surface area (Å²) in [5, 5.41) is 6.57. The van der Waals surface area contributed by atoms with Crippen LogP contribution in [0, 0.1) is 5.92 Å². The molecule has 0 spiro atoms. The minimum absolute atomic E-state index is 0.124. The average molecular weight is 454 g/mol. The molecule has 0 bridgehead atoms. The summed E-state index contributed by atoms with van der Waals surface area (Å²) in [5.41, 5.74) is 4.70. The molecule has 2 heterocycles. The van der Waals surface area contributed by atoms with E-state index in [4.69, 9.17) is 14.6 Å². The number of rotatable bonds is 5. The SMILES string of the molecule is COc1ccc(/C=C2\CCC[C@@H]3C2=NN(C(=O)c2ccccn2)[C@H]3c2ccc(OC)cc2)cc1. The molecule has 5 rings (SSSR count). The first-order valence-electron chi connectivity index (χ1n) is 11.5. The third-order valence-corrected chi connectivity index (χ3v) is 6.51. The van der Waals surface area contributed by atoms with Crippen LogP contribution in [0.2, 0.25) is 0 Å². The van der Waals surface area contributed by atoms with E-state index in [-0.39, 0.29) is 17.9 Å². The van der Waals surface area contributed by atoms with Gasteiger partial charge in [0.1, 0.15) is 17.2 Å². The maximum atomic E-state index is 13.5. The van der Waals surface area contributed by atoms with E-state index in [1.165, 1.54) is 5.57 Å². The zero-order valence-electron chi connectivity index (χ0n) is 19.3. The highest BCUT2D eigenvalue weighted by Crippen LogP contribution is 2.45. The number of fused-ring (bicyclic) bond motifs is 1. The number of pyridine rings is 1. The van der Waals surface area contributed by atoms with Crippen molar-refractivity contribution in [2.75, 3.05) is 14.2 Å². The molecule has 34 heavy (non-hydrogen) atoms. The van der Waals surface area contributed by atoms with Crippen molar-refractivity contribution in [1.29, 1.82) is 0 Å². The molecule has 1 amide bonds. The highest BCUT2D eigenvalue weighted by Gasteiger charge is 2.44. The first-order valence-corrected chi connectivity index (χ1v) is 11.5. The van der Waals surface area contributed by atoms with E-state index < -0.39 is 0 Å². The number of methoxy groups -OCH3 is 2. The summed E-state index contributed by atoms with van der Waals surface area (Å²) in [6.45, 7) is 0. The lowest BCUT2D eigenvalue weighted by Crippen LogP contribution is -2.32. The molecule has 6 nitrogen and oxygen atoms in total. The highest BCUT2D eigenvalue weighted by molar-refractivity contribution is 6.09. The van der Waals surface area contributed by atoms with Gasteiger partial charge in [0.2, 0.25) is 0 Å². The third-order valence-electron chi connectivity index (χ3n) is 6.51. The molecule has 1 fully saturated rings. The van der Waals surface area contributed by atoms with Crippen LogP contribution in [-0.4, -0.2) is 35.8 Å². The van der Waals surface area contributed by atoms with Crippen molar-refractivity contribution in [2.45, 2.75) is 25.3 Å². The lowest BCUT2D eigenvalue weighted by molar-refractivity contribution is 0.0675. The number of aromatic nitrogens is 1. The predicted molar refractivity (Wildman–Crippen MR) is 132 cm³/mol. The van der Waals surface area contributed by atoms with Crippen LogP contribution in [0.5, 0.6) is 11.5 Å². The second-order valence-electron chi connectivity index (χ2n) is 8.51. The van der Waals surface area contributed by atoms with Gasteiger partial charge in [-0.1, -0.05) is 30.3 Å². The molecule has 0 saturated heterocycles. The summed E-state index contributed by atoms with van der Waals surface area (Å²) in [5.74, 6) is 1.55. The van der Waals surface area contributed by atoms with E-state index in [1.54, 1.807) is 31.5 Å². The number of carbonyl (C=O) groups is 1. The summed E-state index contributed by atoms with van der Waals surface area (Å²) in [6.07, 6.45) is 6.78. The summed E-state index contributed by atoms with van der Waals surface area (Å²) < 4.78 is 10.6. The number of nitrogens with zero attached hydrogens (tertiary/aromatic N) is 3. The van der Waals surface area contributed by atoms with E-state index in [0.29, 0.717) is 5.69 Å². The summed E-state index contributed by atoms with van der Waals surface area (Å²) >= 11 is 0. The van der Waals surface area contributed by atoms with Crippen LogP contribution in [-0.2, 0) is 0 Å². The minimum Gasteiger partial charge on any atom is -0.497 e. The fourth-order valence-electron chi connectivity index (χ4n) is 4.81. The second-order valence-corrected chi connectivity index (χ2v) is 8.51. The van der Waals surface area contributed by atoms with Crippen molar-refractivity contribution in [3.63, 3.8) is 0 Å². The number of hydrogen-bond acceptors (Lipinski definition) is 5. The van der Waals surface area contributed by atoms with Gasteiger partial charge in [-0.15, -0.1) is 0 Å². The Bertz CT molecular complexity index is 1220. The molecule has 2 atom stereocenters. The van der Waals surface area contributed by atoms with Gasteiger partial charge in [-0.3, -0.25) is 9.78 Å². The molecule has 1 aliphatic carbocycles. The molecular formula is C28H27N3O3. The Hall–Kier alpha value is -3.93. The number of benzene rings is 2. The molecule has 1 aliphatic heterocycles. The van der Waals surface area contributed by atoms with Crippen LogP contribution in [0.4, 0.5) is 0 Å². The number of amides is 1. The van der Waals surface area contributed by atoms with Crippen molar-refractivity contribution in [3.05, 3.63) is 95.3 Å². The Morgan fingerprint density at radius 1 is 0.971 bits per heavy atom. The van der Waals surface area contributed by atoms with Crippen molar-refractivity contribution in [2.24, 2.45) is 11.0 Å². The lowest BCUT2D eigenvalue weighted by atomic mass is 9.77.